The summed E-state index contributed by atoms with van der Waals surface area (Å²) < 4.78 is 7.38. The molecule has 0 saturated carbocycles. The van der Waals surface area contributed by atoms with Crippen LogP contribution in [0.2, 0.25) is 0 Å². The van der Waals surface area contributed by atoms with Crippen molar-refractivity contribution in [2.24, 2.45) is 0 Å². The maximum absolute atomic E-state index is 13.3. The number of carbonyl (C=O) groups excluding carboxylic acids is 1. The standard InChI is InChI=1S/C21H26N4O3S2/c1-5-28-11-7-9-22-17-15(12-16-20(27)25(13(2)3)21(29)30-16)19(26)24-10-6-8-14(4)18(24)23-17/h6,8,10,12-13,22H,5,7,9,11H2,1-4H3/b16-12+. The number of nitrogens with zero attached hydrogens (tertiary/aromatic N) is 3. The number of ether oxygens (including phenoxy) is 1. The van der Waals surface area contributed by atoms with E-state index in [9.17, 15) is 9.59 Å². The van der Waals surface area contributed by atoms with E-state index in [-0.39, 0.29) is 17.5 Å². The van der Waals surface area contributed by atoms with Gasteiger partial charge in [-0.25, -0.2) is 4.98 Å². The van der Waals surface area contributed by atoms with Gasteiger partial charge in [0.25, 0.3) is 11.5 Å². The van der Waals surface area contributed by atoms with E-state index in [1.165, 1.54) is 16.2 Å². The Kier molecular flexibility index (Phi) is 7.27. The Morgan fingerprint density at radius 2 is 2.13 bits per heavy atom. The van der Waals surface area contributed by atoms with Gasteiger partial charge in [0.2, 0.25) is 0 Å². The number of hydrogen-bond acceptors (Lipinski definition) is 7. The molecule has 0 radical (unpaired) electrons. The molecule has 1 fully saturated rings. The maximum atomic E-state index is 13.3. The van der Waals surface area contributed by atoms with Crippen molar-refractivity contribution in [2.75, 3.05) is 25.1 Å². The van der Waals surface area contributed by atoms with Crippen molar-refractivity contribution in [3.8, 4) is 0 Å². The van der Waals surface area contributed by atoms with Gasteiger partial charge in [-0.3, -0.25) is 18.9 Å². The quantitative estimate of drug-likeness (QED) is 0.378. The molecule has 0 aliphatic carbocycles. The third-order valence-corrected chi connectivity index (χ3v) is 5.99. The largest absolute Gasteiger partial charge is 0.382 e. The van der Waals surface area contributed by atoms with Gasteiger partial charge in [0.15, 0.2) is 0 Å². The Labute approximate surface area is 185 Å². The maximum Gasteiger partial charge on any atom is 0.267 e. The van der Waals surface area contributed by atoms with Crippen LogP contribution in [0.15, 0.2) is 28.0 Å². The molecule has 0 bridgehead atoms. The highest BCUT2D eigenvalue weighted by Gasteiger charge is 2.34. The summed E-state index contributed by atoms with van der Waals surface area (Å²) >= 11 is 6.57. The normalized spacial score (nSPS) is 15.8. The average Bonchev–Trinajstić information content (AvgIpc) is 2.98. The first-order chi connectivity index (χ1) is 14.3. The molecule has 0 aromatic carbocycles. The molecular formula is C21H26N4O3S2. The molecule has 1 N–H and O–H groups in total. The van der Waals surface area contributed by atoms with E-state index in [1.807, 2.05) is 39.8 Å². The lowest BCUT2D eigenvalue weighted by atomic mass is 10.2. The van der Waals surface area contributed by atoms with Gasteiger partial charge in [-0.05, 0) is 51.8 Å². The lowest BCUT2D eigenvalue weighted by Crippen LogP contribution is -2.34. The molecule has 1 amide bonds. The molecule has 3 rings (SSSR count). The molecule has 30 heavy (non-hydrogen) atoms. The van der Waals surface area contributed by atoms with E-state index in [2.05, 4.69) is 5.32 Å². The monoisotopic (exact) mass is 446 g/mol. The molecule has 0 spiro atoms. The van der Waals surface area contributed by atoms with Crippen LogP contribution in [0.5, 0.6) is 0 Å². The molecule has 3 heterocycles. The SMILES string of the molecule is CCOCCCNc1nc2c(C)cccn2c(=O)c1/C=C1/SC(=S)N(C(C)C)C1=O. The van der Waals surface area contributed by atoms with E-state index in [1.54, 1.807) is 17.2 Å². The molecule has 7 nitrogen and oxygen atoms in total. The van der Waals surface area contributed by atoms with Gasteiger partial charge < -0.3 is 10.1 Å². The minimum absolute atomic E-state index is 0.0435. The topological polar surface area (TPSA) is 75.9 Å². The molecule has 0 unspecified atom stereocenters. The summed E-state index contributed by atoms with van der Waals surface area (Å²) in [7, 11) is 0. The fourth-order valence-corrected chi connectivity index (χ4v) is 4.66. The van der Waals surface area contributed by atoms with Crippen molar-refractivity contribution >= 4 is 51.7 Å². The number of hydrogen-bond donors (Lipinski definition) is 1. The van der Waals surface area contributed by atoms with Crippen molar-refractivity contribution in [3.63, 3.8) is 0 Å². The predicted octanol–water partition coefficient (Wildman–Crippen LogP) is 3.45. The number of thiocarbonyl (C=S) groups is 1. The van der Waals surface area contributed by atoms with Crippen molar-refractivity contribution in [2.45, 2.75) is 40.2 Å². The Hall–Kier alpha value is -2.23. The van der Waals surface area contributed by atoms with Crippen LogP contribution in [0.1, 0.15) is 38.3 Å². The van der Waals surface area contributed by atoms with Crippen molar-refractivity contribution < 1.29 is 9.53 Å². The minimum atomic E-state index is -0.231. The third-order valence-electron chi connectivity index (χ3n) is 4.66. The highest BCUT2D eigenvalue weighted by molar-refractivity contribution is 8.26. The number of aromatic nitrogens is 2. The summed E-state index contributed by atoms with van der Waals surface area (Å²) in [5.74, 6) is 0.275. The molecule has 2 aromatic heterocycles. The zero-order valence-corrected chi connectivity index (χ0v) is 19.2. The fourth-order valence-electron chi connectivity index (χ4n) is 3.16. The summed E-state index contributed by atoms with van der Waals surface area (Å²) in [5, 5.41) is 3.25. The molecule has 1 aliphatic rings. The van der Waals surface area contributed by atoms with Crippen molar-refractivity contribution in [1.82, 2.24) is 14.3 Å². The summed E-state index contributed by atoms with van der Waals surface area (Å²) in [6.45, 7) is 9.57. The highest BCUT2D eigenvalue weighted by Crippen LogP contribution is 2.34. The van der Waals surface area contributed by atoms with E-state index in [4.69, 9.17) is 21.9 Å². The molecule has 160 valence electrons. The Bertz CT molecular complexity index is 1060. The van der Waals surface area contributed by atoms with E-state index < -0.39 is 0 Å². The predicted molar refractivity (Wildman–Crippen MR) is 126 cm³/mol. The van der Waals surface area contributed by atoms with Crippen LogP contribution in [0.4, 0.5) is 5.82 Å². The van der Waals surface area contributed by atoms with Gasteiger partial charge in [0, 0.05) is 32.0 Å². The second-order valence-electron chi connectivity index (χ2n) is 7.19. The number of rotatable bonds is 8. The number of fused-ring (bicyclic) bond motifs is 1. The third kappa shape index (κ3) is 4.58. The summed E-state index contributed by atoms with van der Waals surface area (Å²) in [6.07, 6.45) is 4.07. The molecule has 1 aliphatic heterocycles. The number of anilines is 1. The smallest absolute Gasteiger partial charge is 0.267 e. The van der Waals surface area contributed by atoms with Crippen LogP contribution in [0.25, 0.3) is 11.7 Å². The molecule has 1 saturated heterocycles. The van der Waals surface area contributed by atoms with Gasteiger partial charge >= 0.3 is 0 Å². The number of carbonyl (C=O) groups is 1. The van der Waals surface area contributed by atoms with Crippen LogP contribution >= 0.6 is 24.0 Å². The number of nitrogens with one attached hydrogen (secondary N) is 1. The van der Waals surface area contributed by atoms with Crippen LogP contribution < -0.4 is 10.9 Å². The Balaban J connectivity index is 2.04. The summed E-state index contributed by atoms with van der Waals surface area (Å²) in [4.78, 5) is 32.8. The van der Waals surface area contributed by atoms with E-state index in [0.717, 1.165) is 12.0 Å². The zero-order chi connectivity index (χ0) is 21.8. The van der Waals surface area contributed by atoms with Crippen molar-refractivity contribution in [1.29, 1.82) is 0 Å². The average molecular weight is 447 g/mol. The highest BCUT2D eigenvalue weighted by atomic mass is 32.2. The van der Waals surface area contributed by atoms with Crippen LogP contribution in [-0.2, 0) is 9.53 Å². The Morgan fingerprint density at radius 1 is 1.37 bits per heavy atom. The van der Waals surface area contributed by atoms with Crippen LogP contribution in [0, 0.1) is 6.92 Å². The number of aryl methyl sites for hydroxylation is 1. The first kappa shape index (κ1) is 22.5. The van der Waals surface area contributed by atoms with Gasteiger partial charge in [-0.1, -0.05) is 30.0 Å². The number of amides is 1. The first-order valence-electron chi connectivity index (χ1n) is 9.95. The van der Waals surface area contributed by atoms with Gasteiger partial charge in [-0.15, -0.1) is 0 Å². The number of pyridine rings is 1. The lowest BCUT2D eigenvalue weighted by molar-refractivity contribution is -0.123. The van der Waals surface area contributed by atoms with Crippen LogP contribution in [-0.4, -0.2) is 50.3 Å². The van der Waals surface area contributed by atoms with Crippen LogP contribution in [0.3, 0.4) is 0 Å². The molecule has 2 aromatic rings. The molecule has 0 atom stereocenters. The number of thioether (sulfide) groups is 1. The fraction of sp³-hybridized carbons (Fsp3) is 0.429. The second kappa shape index (κ2) is 9.72. The lowest BCUT2D eigenvalue weighted by Gasteiger charge is -2.18. The summed E-state index contributed by atoms with van der Waals surface area (Å²) in [5.41, 5.74) is 1.59. The van der Waals surface area contributed by atoms with E-state index >= 15 is 0 Å². The first-order valence-corrected chi connectivity index (χ1v) is 11.2. The van der Waals surface area contributed by atoms with Gasteiger partial charge in [0.05, 0.1) is 10.5 Å². The summed E-state index contributed by atoms with van der Waals surface area (Å²) in [6, 6.07) is 3.68. The van der Waals surface area contributed by atoms with Gasteiger partial charge in [0.1, 0.15) is 15.8 Å². The second-order valence-corrected chi connectivity index (χ2v) is 8.86. The van der Waals surface area contributed by atoms with E-state index in [0.29, 0.717) is 46.0 Å². The van der Waals surface area contributed by atoms with Crippen molar-refractivity contribution in [3.05, 3.63) is 44.7 Å². The van der Waals surface area contributed by atoms with Gasteiger partial charge in [-0.2, -0.15) is 0 Å². The zero-order valence-electron chi connectivity index (χ0n) is 17.6. The molecular weight excluding hydrogens is 420 g/mol. The molecule has 9 heteroatoms. The Morgan fingerprint density at radius 3 is 2.80 bits per heavy atom. The minimum Gasteiger partial charge on any atom is -0.382 e.